The summed E-state index contributed by atoms with van der Waals surface area (Å²) >= 11 is 0. The van der Waals surface area contributed by atoms with Crippen LogP contribution in [0.5, 0.6) is 0 Å². The zero-order valence-electron chi connectivity index (χ0n) is 43.3. The smallest absolute Gasteiger partial charge is 0.164 e. The second-order valence-corrected chi connectivity index (χ2v) is 23.2. The zero-order valence-corrected chi connectivity index (χ0v) is 43.3. The normalized spacial score (nSPS) is 12.5. The summed E-state index contributed by atoms with van der Waals surface area (Å²) in [5, 5.41) is 2.36. The van der Waals surface area contributed by atoms with E-state index in [2.05, 4.69) is 233 Å². The number of benzene rings is 7. The highest BCUT2D eigenvalue weighted by Crippen LogP contribution is 2.41. The van der Waals surface area contributed by atoms with Crippen molar-refractivity contribution in [1.82, 2.24) is 29.5 Å². The van der Waals surface area contributed by atoms with Crippen LogP contribution in [0.3, 0.4) is 0 Å². The van der Waals surface area contributed by atoms with Gasteiger partial charge in [-0.05, 0) is 105 Å². The first-order chi connectivity index (χ1) is 33.7. The summed E-state index contributed by atoms with van der Waals surface area (Å²) in [6, 6.07) is 60.5. The number of aromatic nitrogens is 6. The second-order valence-electron chi connectivity index (χ2n) is 23.2. The van der Waals surface area contributed by atoms with Crippen molar-refractivity contribution in [2.24, 2.45) is 0 Å². The molecule has 7 aromatic carbocycles. The van der Waals surface area contributed by atoms with Crippen molar-refractivity contribution in [3.05, 3.63) is 192 Å². The molecule has 6 heteroatoms. The Labute approximate surface area is 420 Å². The van der Waals surface area contributed by atoms with Crippen molar-refractivity contribution in [3.8, 4) is 73.8 Å². The van der Waals surface area contributed by atoms with Crippen LogP contribution in [0, 0.1) is 0 Å². The van der Waals surface area contributed by atoms with Gasteiger partial charge in [-0.1, -0.05) is 192 Å². The van der Waals surface area contributed by atoms with E-state index in [4.69, 9.17) is 24.9 Å². The Morgan fingerprint density at radius 1 is 0.296 bits per heavy atom. The molecule has 0 radical (unpaired) electrons. The van der Waals surface area contributed by atoms with Gasteiger partial charge in [-0.2, -0.15) is 0 Å². The van der Waals surface area contributed by atoms with Gasteiger partial charge in [0, 0.05) is 44.2 Å². The molecule has 0 amide bonds. The highest BCUT2D eigenvalue weighted by atomic mass is 15.0. The molecule has 0 saturated carbocycles. The van der Waals surface area contributed by atoms with Crippen molar-refractivity contribution in [1.29, 1.82) is 0 Å². The first-order valence-electron chi connectivity index (χ1n) is 24.9. The number of hydrogen-bond acceptors (Lipinski definition) is 5. The maximum atomic E-state index is 5.48. The molecule has 3 heterocycles. The highest BCUT2D eigenvalue weighted by molar-refractivity contribution is 6.09. The average molecular weight is 929 g/mol. The van der Waals surface area contributed by atoms with E-state index >= 15 is 0 Å². The van der Waals surface area contributed by atoms with E-state index in [0.717, 1.165) is 61.5 Å². The summed E-state index contributed by atoms with van der Waals surface area (Å²) in [5.41, 5.74) is 15.0. The fraction of sp³-hybridized carbons (Fsp3) is 0.246. The van der Waals surface area contributed by atoms with Gasteiger partial charge >= 0.3 is 0 Å². The lowest BCUT2D eigenvalue weighted by molar-refractivity contribution is 0.568. The van der Waals surface area contributed by atoms with Crippen LogP contribution in [0.25, 0.3) is 95.6 Å². The Morgan fingerprint density at radius 3 is 1.13 bits per heavy atom. The molecule has 0 aliphatic rings. The Hall–Kier alpha value is -7.57. The fourth-order valence-corrected chi connectivity index (χ4v) is 9.32. The molecule has 0 unspecified atom stereocenters. The molecule has 6 nitrogen and oxygen atoms in total. The minimum atomic E-state index is -0.108. The van der Waals surface area contributed by atoms with Crippen molar-refractivity contribution in [3.63, 3.8) is 0 Å². The molecule has 0 atom stereocenters. The third-order valence-corrected chi connectivity index (χ3v) is 13.7. The number of hydrogen-bond donors (Lipinski definition) is 0. The Bertz CT molecular complexity index is 3340. The van der Waals surface area contributed by atoms with Gasteiger partial charge in [0.1, 0.15) is 0 Å². The minimum absolute atomic E-state index is 0.108. The van der Waals surface area contributed by atoms with Crippen LogP contribution in [-0.4, -0.2) is 29.5 Å². The molecule has 0 aliphatic carbocycles. The second kappa shape index (κ2) is 17.7. The molecule has 0 spiro atoms. The maximum Gasteiger partial charge on any atom is 0.164 e. The van der Waals surface area contributed by atoms with Crippen LogP contribution in [0.2, 0.25) is 0 Å². The standard InChI is InChI=1S/C65H64N6/c1-62(2,3)46-33-44(34-47(38-46)63(4,5)6)60-68-59(69-61(70-60)45-35-48(64(7,8)9)39-49(36-45)65(10,11)12)43-31-32-57(71-55-29-21-19-27-50(55)51-28-20-22-30-56(51)71)52(37-43)54-40-53(41-23-15-13-16-24-41)66-58(67-54)42-25-17-14-18-26-42/h13-40H,1-12H3. The predicted octanol–water partition coefficient (Wildman–Crippen LogP) is 17.0. The molecular weight excluding hydrogens is 865 g/mol. The number of nitrogens with zero attached hydrogens (tertiary/aromatic N) is 6. The van der Waals surface area contributed by atoms with Crippen LogP contribution < -0.4 is 0 Å². The molecule has 0 bridgehead atoms. The summed E-state index contributed by atoms with van der Waals surface area (Å²) < 4.78 is 2.37. The van der Waals surface area contributed by atoms with Crippen LogP contribution in [-0.2, 0) is 21.7 Å². The SMILES string of the molecule is CC(C)(C)c1cc(-c2nc(-c3cc(C(C)(C)C)cc(C(C)(C)C)c3)nc(-c3ccc(-n4c5ccccc5c5ccccc54)c(-c4cc(-c5ccccc5)nc(-c5ccccc5)n4)c3)n2)cc(C(C)(C)C)c1. The highest BCUT2D eigenvalue weighted by Gasteiger charge is 2.26. The summed E-state index contributed by atoms with van der Waals surface area (Å²) in [6.07, 6.45) is 0. The average Bonchev–Trinajstić information content (AvgIpc) is 3.69. The van der Waals surface area contributed by atoms with Gasteiger partial charge in [0.05, 0.1) is 28.1 Å². The van der Waals surface area contributed by atoms with Crippen LogP contribution >= 0.6 is 0 Å². The van der Waals surface area contributed by atoms with Crippen LogP contribution in [0.1, 0.15) is 105 Å². The van der Waals surface area contributed by atoms with E-state index in [9.17, 15) is 0 Å². The van der Waals surface area contributed by atoms with E-state index in [1.165, 1.54) is 33.0 Å². The summed E-state index contributed by atoms with van der Waals surface area (Å²) in [6.45, 7) is 27.3. The Morgan fingerprint density at radius 2 is 0.676 bits per heavy atom. The molecule has 0 N–H and O–H groups in total. The van der Waals surface area contributed by atoms with Gasteiger partial charge in [-0.15, -0.1) is 0 Å². The van der Waals surface area contributed by atoms with Crippen LogP contribution in [0.4, 0.5) is 0 Å². The predicted molar refractivity (Wildman–Crippen MR) is 297 cm³/mol. The third kappa shape index (κ3) is 9.44. The lowest BCUT2D eigenvalue weighted by Gasteiger charge is -2.26. The van der Waals surface area contributed by atoms with Crippen molar-refractivity contribution < 1.29 is 0 Å². The Kier molecular flexibility index (Phi) is 11.7. The van der Waals surface area contributed by atoms with E-state index in [1.807, 2.05) is 24.3 Å². The lowest BCUT2D eigenvalue weighted by atomic mass is 9.79. The Balaban J connectivity index is 1.29. The summed E-state index contributed by atoms with van der Waals surface area (Å²) in [7, 11) is 0. The van der Waals surface area contributed by atoms with Gasteiger partial charge in [0.25, 0.3) is 0 Å². The first kappa shape index (κ1) is 47.1. The molecular formula is C65H64N6. The number of para-hydroxylation sites is 2. The summed E-state index contributed by atoms with van der Waals surface area (Å²) in [4.78, 5) is 27.1. The largest absolute Gasteiger partial charge is 0.309 e. The monoisotopic (exact) mass is 929 g/mol. The first-order valence-corrected chi connectivity index (χ1v) is 24.9. The van der Waals surface area contributed by atoms with Gasteiger partial charge in [0.15, 0.2) is 23.3 Å². The van der Waals surface area contributed by atoms with Crippen molar-refractivity contribution in [2.45, 2.75) is 105 Å². The molecule has 0 saturated heterocycles. The van der Waals surface area contributed by atoms with E-state index in [0.29, 0.717) is 23.3 Å². The van der Waals surface area contributed by atoms with Crippen molar-refractivity contribution in [2.75, 3.05) is 0 Å². The minimum Gasteiger partial charge on any atom is -0.309 e. The zero-order chi connectivity index (χ0) is 50.0. The number of rotatable bonds is 7. The van der Waals surface area contributed by atoms with Gasteiger partial charge < -0.3 is 4.57 Å². The van der Waals surface area contributed by atoms with Gasteiger partial charge in [-0.25, -0.2) is 24.9 Å². The number of fused-ring (bicyclic) bond motifs is 3. The van der Waals surface area contributed by atoms with E-state index < -0.39 is 0 Å². The molecule has 71 heavy (non-hydrogen) atoms. The topological polar surface area (TPSA) is 69.4 Å². The quantitative estimate of drug-likeness (QED) is 0.159. The van der Waals surface area contributed by atoms with Crippen LogP contribution in [0.15, 0.2) is 170 Å². The van der Waals surface area contributed by atoms with Gasteiger partial charge in [-0.3, -0.25) is 0 Å². The molecule has 0 fully saturated rings. The molecule has 354 valence electrons. The van der Waals surface area contributed by atoms with E-state index in [-0.39, 0.29) is 21.7 Å². The van der Waals surface area contributed by atoms with Crippen molar-refractivity contribution >= 4 is 21.8 Å². The summed E-state index contributed by atoms with van der Waals surface area (Å²) in [5.74, 6) is 2.49. The molecule has 10 aromatic rings. The molecule has 10 rings (SSSR count). The lowest BCUT2D eigenvalue weighted by Crippen LogP contribution is -2.17. The maximum absolute atomic E-state index is 5.48. The third-order valence-electron chi connectivity index (χ3n) is 13.7. The fourth-order valence-electron chi connectivity index (χ4n) is 9.32. The molecule has 3 aromatic heterocycles. The molecule has 0 aliphatic heterocycles. The van der Waals surface area contributed by atoms with Gasteiger partial charge in [0.2, 0.25) is 0 Å². The van der Waals surface area contributed by atoms with E-state index in [1.54, 1.807) is 0 Å².